The molecule has 1 amide bonds. The van der Waals surface area contributed by atoms with Gasteiger partial charge in [-0.3, -0.25) is 9.69 Å². The molecule has 0 atom stereocenters. The molecule has 5 nitrogen and oxygen atoms in total. The van der Waals surface area contributed by atoms with Crippen molar-refractivity contribution in [2.45, 2.75) is 0 Å². The number of halogens is 1. The van der Waals surface area contributed by atoms with Crippen LogP contribution in [0.1, 0.15) is 15.9 Å². The number of ether oxygens (including phenoxy) is 2. The fourth-order valence-electron chi connectivity index (χ4n) is 2.99. The SMILES string of the molecule is COc1ccc(N2C(=O)/C(=C/c3ccc(OC(=O)c4ccccc4I)cc3)SC2=S)cc1. The largest absolute Gasteiger partial charge is 0.497 e. The first kappa shape index (κ1) is 22.5. The zero-order chi connectivity index (χ0) is 22.7. The van der Waals surface area contributed by atoms with Gasteiger partial charge in [0.25, 0.3) is 5.91 Å². The lowest BCUT2D eigenvalue weighted by molar-refractivity contribution is -0.113. The molecule has 1 aliphatic rings. The average Bonchev–Trinajstić information content (AvgIpc) is 3.08. The summed E-state index contributed by atoms with van der Waals surface area (Å²) >= 11 is 8.76. The summed E-state index contributed by atoms with van der Waals surface area (Å²) in [6.07, 6.45) is 1.77. The van der Waals surface area contributed by atoms with Gasteiger partial charge in [-0.2, -0.15) is 0 Å². The van der Waals surface area contributed by atoms with E-state index in [2.05, 4.69) is 22.6 Å². The van der Waals surface area contributed by atoms with Gasteiger partial charge in [0.15, 0.2) is 4.32 Å². The van der Waals surface area contributed by atoms with Gasteiger partial charge in [0, 0.05) is 3.57 Å². The number of nitrogens with zero attached hydrogens (tertiary/aromatic N) is 1. The van der Waals surface area contributed by atoms with Crippen LogP contribution in [-0.2, 0) is 4.79 Å². The molecule has 8 heteroatoms. The summed E-state index contributed by atoms with van der Waals surface area (Å²) in [6, 6.07) is 21.4. The molecule has 1 aliphatic heterocycles. The van der Waals surface area contributed by atoms with Crippen molar-refractivity contribution in [2.75, 3.05) is 12.0 Å². The standard InChI is InChI=1S/C24H16INO4S2/c1-29-17-12-8-16(9-13-17)26-22(27)21(32-24(26)31)14-15-6-10-18(11-7-15)30-23(28)19-4-2-3-5-20(19)25/h2-14H,1H3/b21-14-. The van der Waals surface area contributed by atoms with E-state index in [9.17, 15) is 9.59 Å². The fourth-order valence-corrected chi connectivity index (χ4v) is 4.90. The molecule has 160 valence electrons. The second kappa shape index (κ2) is 9.85. The van der Waals surface area contributed by atoms with Crippen LogP contribution in [0.5, 0.6) is 11.5 Å². The number of carbonyl (C=O) groups is 2. The van der Waals surface area contributed by atoms with Crippen molar-refractivity contribution in [3.63, 3.8) is 0 Å². The normalized spacial score (nSPS) is 14.7. The number of thioether (sulfide) groups is 1. The smallest absolute Gasteiger partial charge is 0.344 e. The zero-order valence-electron chi connectivity index (χ0n) is 16.8. The summed E-state index contributed by atoms with van der Waals surface area (Å²) in [4.78, 5) is 27.3. The van der Waals surface area contributed by atoms with E-state index in [4.69, 9.17) is 21.7 Å². The number of carbonyl (C=O) groups excluding carboxylic acids is 2. The van der Waals surface area contributed by atoms with Gasteiger partial charge >= 0.3 is 5.97 Å². The first-order valence-electron chi connectivity index (χ1n) is 9.45. The second-order valence-corrected chi connectivity index (χ2v) is 9.49. The van der Waals surface area contributed by atoms with Crippen molar-refractivity contribution in [1.29, 1.82) is 0 Å². The van der Waals surface area contributed by atoms with Crippen molar-refractivity contribution >= 4 is 74.5 Å². The molecule has 4 rings (SSSR count). The highest BCUT2D eigenvalue weighted by Crippen LogP contribution is 2.36. The quantitative estimate of drug-likeness (QED) is 0.124. The van der Waals surface area contributed by atoms with Crippen molar-refractivity contribution in [2.24, 2.45) is 0 Å². The highest BCUT2D eigenvalue weighted by atomic mass is 127. The Morgan fingerprint density at radius 2 is 1.66 bits per heavy atom. The number of hydrogen-bond acceptors (Lipinski definition) is 6. The Labute approximate surface area is 208 Å². The highest BCUT2D eigenvalue weighted by Gasteiger charge is 2.33. The number of benzene rings is 3. The number of methoxy groups -OCH3 is 1. The molecule has 0 aromatic heterocycles. The molecular weight excluding hydrogens is 557 g/mol. The molecule has 0 radical (unpaired) electrons. The van der Waals surface area contributed by atoms with Crippen LogP contribution in [0, 0.1) is 3.57 Å². The maximum Gasteiger partial charge on any atom is 0.344 e. The Balaban J connectivity index is 1.48. The molecule has 1 heterocycles. The van der Waals surface area contributed by atoms with E-state index in [1.54, 1.807) is 73.8 Å². The maximum absolute atomic E-state index is 12.9. The minimum Gasteiger partial charge on any atom is -0.497 e. The van der Waals surface area contributed by atoms with Gasteiger partial charge in [-0.15, -0.1) is 0 Å². The van der Waals surface area contributed by atoms with E-state index >= 15 is 0 Å². The second-order valence-electron chi connectivity index (χ2n) is 6.65. The minimum atomic E-state index is -0.414. The summed E-state index contributed by atoms with van der Waals surface area (Å²) in [6.45, 7) is 0. The molecular formula is C24H16INO4S2. The van der Waals surface area contributed by atoms with Crippen LogP contribution >= 0.6 is 46.6 Å². The lowest BCUT2D eigenvalue weighted by atomic mass is 10.2. The number of hydrogen-bond donors (Lipinski definition) is 0. The molecule has 0 spiro atoms. The van der Waals surface area contributed by atoms with Gasteiger partial charge in [-0.05, 0) is 82.8 Å². The van der Waals surface area contributed by atoms with E-state index < -0.39 is 5.97 Å². The van der Waals surface area contributed by atoms with Gasteiger partial charge in [-0.25, -0.2) is 4.79 Å². The molecule has 3 aromatic carbocycles. The first-order chi connectivity index (χ1) is 15.5. The van der Waals surface area contributed by atoms with Crippen LogP contribution < -0.4 is 14.4 Å². The summed E-state index contributed by atoms with van der Waals surface area (Å²) in [7, 11) is 1.59. The van der Waals surface area contributed by atoms with Crippen LogP contribution in [-0.4, -0.2) is 23.3 Å². The lowest BCUT2D eigenvalue weighted by Crippen LogP contribution is -2.27. The topological polar surface area (TPSA) is 55.8 Å². The molecule has 32 heavy (non-hydrogen) atoms. The summed E-state index contributed by atoms with van der Waals surface area (Å²) in [5.41, 5.74) is 2.00. The molecule has 0 saturated carbocycles. The Kier molecular flexibility index (Phi) is 6.92. The molecule has 1 saturated heterocycles. The number of esters is 1. The first-order valence-corrected chi connectivity index (χ1v) is 11.8. The Morgan fingerprint density at radius 3 is 2.31 bits per heavy atom. The van der Waals surface area contributed by atoms with Gasteiger partial charge in [-0.1, -0.05) is 48.2 Å². The molecule has 0 bridgehead atoms. The zero-order valence-corrected chi connectivity index (χ0v) is 20.6. The van der Waals surface area contributed by atoms with Crippen LogP contribution in [0.2, 0.25) is 0 Å². The molecule has 1 fully saturated rings. The van der Waals surface area contributed by atoms with Gasteiger partial charge in [0.2, 0.25) is 0 Å². The van der Waals surface area contributed by atoms with Gasteiger partial charge < -0.3 is 9.47 Å². The van der Waals surface area contributed by atoms with Gasteiger partial charge in [0.05, 0.1) is 23.3 Å². The van der Waals surface area contributed by atoms with Crippen LogP contribution in [0.15, 0.2) is 77.7 Å². The van der Waals surface area contributed by atoms with Crippen LogP contribution in [0.4, 0.5) is 5.69 Å². The van der Waals surface area contributed by atoms with E-state index in [0.717, 1.165) is 9.13 Å². The summed E-state index contributed by atoms with van der Waals surface area (Å²) in [5.74, 6) is 0.539. The third-order valence-corrected chi connectivity index (χ3v) is 6.85. The maximum atomic E-state index is 12.9. The fraction of sp³-hybridized carbons (Fsp3) is 0.0417. The third kappa shape index (κ3) is 4.87. The minimum absolute atomic E-state index is 0.181. The van der Waals surface area contributed by atoms with Gasteiger partial charge in [0.1, 0.15) is 11.5 Å². The Bertz CT molecular complexity index is 1220. The molecule has 0 aliphatic carbocycles. The number of anilines is 1. The van der Waals surface area contributed by atoms with E-state index in [1.165, 1.54) is 16.7 Å². The average molecular weight is 573 g/mol. The van der Waals surface area contributed by atoms with E-state index in [0.29, 0.717) is 32.0 Å². The van der Waals surface area contributed by atoms with Crippen LogP contribution in [0.3, 0.4) is 0 Å². The third-order valence-electron chi connectivity index (χ3n) is 4.61. The highest BCUT2D eigenvalue weighted by molar-refractivity contribution is 14.1. The van der Waals surface area contributed by atoms with Crippen molar-refractivity contribution in [1.82, 2.24) is 0 Å². The lowest BCUT2D eigenvalue weighted by Gasteiger charge is -2.14. The predicted octanol–water partition coefficient (Wildman–Crippen LogP) is 5.92. The Hall–Kier alpha value is -2.69. The van der Waals surface area contributed by atoms with Crippen molar-refractivity contribution < 1.29 is 19.1 Å². The number of thiocarbonyl (C=S) groups is 1. The molecule has 0 N–H and O–H groups in total. The Morgan fingerprint density at radius 1 is 1.00 bits per heavy atom. The molecule has 0 unspecified atom stereocenters. The summed E-state index contributed by atoms with van der Waals surface area (Å²) < 4.78 is 11.9. The molecule has 3 aromatic rings. The number of amides is 1. The van der Waals surface area contributed by atoms with Crippen molar-refractivity contribution in [3.8, 4) is 11.5 Å². The van der Waals surface area contributed by atoms with E-state index in [1.807, 2.05) is 12.1 Å². The number of rotatable bonds is 5. The van der Waals surface area contributed by atoms with Crippen molar-refractivity contribution in [3.05, 3.63) is 92.4 Å². The predicted molar refractivity (Wildman–Crippen MR) is 139 cm³/mol. The monoisotopic (exact) mass is 573 g/mol. The van der Waals surface area contributed by atoms with E-state index in [-0.39, 0.29) is 5.91 Å². The van der Waals surface area contributed by atoms with Crippen LogP contribution in [0.25, 0.3) is 6.08 Å². The summed E-state index contributed by atoms with van der Waals surface area (Å²) in [5, 5.41) is 0.